The molecule has 6 aromatic carbocycles. The zero-order valence-corrected chi connectivity index (χ0v) is 32.8. The molecule has 0 unspecified atom stereocenters. The molecular formula is C49H35N5OPd. The number of nitrogens with zero attached hydrogens (tertiary/aromatic N) is 5. The fourth-order valence-corrected chi connectivity index (χ4v) is 8.70. The molecule has 5 heterocycles. The first-order valence-electron chi connectivity index (χ1n) is 18.9. The van der Waals surface area contributed by atoms with E-state index < -0.39 is 0 Å². The Morgan fingerprint density at radius 1 is 0.536 bits per heavy atom. The summed E-state index contributed by atoms with van der Waals surface area (Å²) < 4.78 is 11.2. The van der Waals surface area contributed by atoms with Gasteiger partial charge in [0.25, 0.3) is 0 Å². The summed E-state index contributed by atoms with van der Waals surface area (Å²) in [5.74, 6) is 1.90. The number of benzene rings is 6. The second-order valence-corrected chi connectivity index (χ2v) is 15.1. The van der Waals surface area contributed by atoms with Crippen LogP contribution < -0.4 is 4.74 Å². The molecular weight excluding hydrogens is 781 g/mol. The summed E-state index contributed by atoms with van der Waals surface area (Å²) in [6.45, 7) is 9.15. The maximum atomic E-state index is 6.64. The van der Waals surface area contributed by atoms with E-state index in [4.69, 9.17) is 14.7 Å². The van der Waals surface area contributed by atoms with E-state index in [2.05, 4.69) is 139 Å². The average Bonchev–Trinajstić information content (AvgIpc) is 3.80. The number of hydrogen-bond acceptors (Lipinski definition) is 4. The van der Waals surface area contributed by atoms with E-state index in [-0.39, 0.29) is 20.4 Å². The van der Waals surface area contributed by atoms with Gasteiger partial charge in [-0.2, -0.15) is 0 Å². The summed E-state index contributed by atoms with van der Waals surface area (Å²) in [5, 5.41) is 6.14. The van der Waals surface area contributed by atoms with Crippen molar-refractivity contribution in [1.29, 1.82) is 0 Å². The fraction of sp³-hybridized carbons (Fsp3) is 0.122. The van der Waals surface area contributed by atoms with Crippen molar-refractivity contribution in [1.82, 2.24) is 23.8 Å². The van der Waals surface area contributed by atoms with Gasteiger partial charge in [0.05, 0.1) is 38.9 Å². The number of pyridine rings is 3. The predicted octanol–water partition coefficient (Wildman–Crippen LogP) is 12.6. The Labute approximate surface area is 337 Å². The van der Waals surface area contributed by atoms with Crippen LogP contribution in [-0.2, 0) is 20.4 Å². The summed E-state index contributed by atoms with van der Waals surface area (Å²) in [6.07, 6.45) is 3.74. The molecule has 0 fully saturated rings. The zero-order valence-electron chi connectivity index (χ0n) is 31.2. The van der Waals surface area contributed by atoms with E-state index in [1.165, 1.54) is 22.3 Å². The van der Waals surface area contributed by atoms with Gasteiger partial charge < -0.3 is 13.5 Å². The van der Waals surface area contributed by atoms with Crippen molar-refractivity contribution in [3.05, 3.63) is 151 Å². The number of aromatic nitrogens is 5. The van der Waals surface area contributed by atoms with Crippen molar-refractivity contribution in [3.63, 3.8) is 0 Å². The molecule has 0 spiro atoms. The fourth-order valence-electron chi connectivity index (χ4n) is 8.70. The molecule has 272 valence electrons. The maximum absolute atomic E-state index is 6.64. The Kier molecular flexibility index (Phi) is 7.97. The van der Waals surface area contributed by atoms with Crippen molar-refractivity contribution in [2.24, 2.45) is 0 Å². The van der Waals surface area contributed by atoms with E-state index in [9.17, 15) is 0 Å². The van der Waals surface area contributed by atoms with Crippen LogP contribution in [0.15, 0.2) is 128 Å². The van der Waals surface area contributed by atoms with Gasteiger partial charge in [-0.15, -0.1) is 12.1 Å². The standard InChI is InChI=1S/C49H35N5O.Pd/c1-28(2)32-11-9-12-33(29(3)4)46(32)38-14-10-13-37-35-22-20-31(26-40(35)49-52-42-16-6-8-18-44(42)54(49)47(37)38)55-30-19-21-34-36-23-24-50-27-45(36)53-43-17-7-5-15-41(43)51-48(53)39(34)25-30;/h5-24,27-29H,1-4H3;/q-2;+2. The second-order valence-electron chi connectivity index (χ2n) is 15.1. The zero-order chi connectivity index (χ0) is 36.9. The van der Waals surface area contributed by atoms with Gasteiger partial charge in [0, 0.05) is 35.0 Å². The molecule has 5 aromatic heterocycles. The van der Waals surface area contributed by atoms with Gasteiger partial charge in [-0.3, -0.25) is 15.0 Å². The van der Waals surface area contributed by atoms with Crippen molar-refractivity contribution >= 4 is 76.7 Å². The molecule has 0 saturated heterocycles. The van der Waals surface area contributed by atoms with Crippen LogP contribution in [0.5, 0.6) is 11.5 Å². The summed E-state index contributed by atoms with van der Waals surface area (Å²) in [5.41, 5.74) is 13.0. The van der Waals surface area contributed by atoms with Crippen LogP contribution in [0.1, 0.15) is 50.7 Å². The first-order valence-corrected chi connectivity index (χ1v) is 18.9. The molecule has 0 atom stereocenters. The molecule has 11 rings (SSSR count). The molecule has 0 saturated carbocycles. The molecule has 0 N–H and O–H groups in total. The van der Waals surface area contributed by atoms with E-state index in [0.717, 1.165) is 76.7 Å². The third-order valence-corrected chi connectivity index (χ3v) is 11.1. The average molecular weight is 816 g/mol. The van der Waals surface area contributed by atoms with Crippen molar-refractivity contribution in [2.45, 2.75) is 39.5 Å². The Morgan fingerprint density at radius 3 is 1.75 bits per heavy atom. The maximum Gasteiger partial charge on any atom is 2.00 e. The molecule has 0 bridgehead atoms. The van der Waals surface area contributed by atoms with Crippen LogP contribution >= 0.6 is 0 Å². The van der Waals surface area contributed by atoms with Crippen molar-refractivity contribution in [3.8, 4) is 22.6 Å². The van der Waals surface area contributed by atoms with Gasteiger partial charge in [0.2, 0.25) is 0 Å². The normalized spacial score (nSPS) is 12.1. The summed E-state index contributed by atoms with van der Waals surface area (Å²) in [7, 11) is 0. The molecule has 0 radical (unpaired) electrons. The molecule has 11 aromatic rings. The van der Waals surface area contributed by atoms with Gasteiger partial charge >= 0.3 is 20.4 Å². The van der Waals surface area contributed by atoms with Gasteiger partial charge in [0.1, 0.15) is 0 Å². The second kappa shape index (κ2) is 13.0. The minimum Gasteiger partial charge on any atom is -0.497 e. The molecule has 7 heteroatoms. The Balaban J connectivity index is 0.00000384. The molecule has 56 heavy (non-hydrogen) atoms. The van der Waals surface area contributed by atoms with Gasteiger partial charge in [-0.1, -0.05) is 134 Å². The van der Waals surface area contributed by atoms with Crippen LogP contribution in [0.3, 0.4) is 0 Å². The van der Waals surface area contributed by atoms with Crippen LogP contribution in [-0.4, -0.2) is 23.8 Å². The van der Waals surface area contributed by atoms with Crippen LogP contribution in [0, 0.1) is 12.1 Å². The monoisotopic (exact) mass is 815 g/mol. The summed E-state index contributed by atoms with van der Waals surface area (Å²) >= 11 is 0. The molecule has 0 aliphatic carbocycles. The first-order chi connectivity index (χ1) is 26.9. The van der Waals surface area contributed by atoms with E-state index in [1.807, 2.05) is 42.7 Å². The third kappa shape index (κ3) is 5.01. The van der Waals surface area contributed by atoms with Gasteiger partial charge in [-0.25, -0.2) is 0 Å². The SMILES string of the molecule is CC(C)c1cccc(C(C)C)c1-c1cccc2c3ccc(Oc4[c-]c5c(cc4)c4ccncc4n4c6ccccc6nc54)[c-]c3c3nc4ccccc4n3c12.[Pd+2]. The Morgan fingerprint density at radius 2 is 1.11 bits per heavy atom. The topological polar surface area (TPSA) is 56.7 Å². The number of fused-ring (bicyclic) bond motifs is 16. The molecule has 0 amide bonds. The number of ether oxygens (including phenoxy) is 1. The van der Waals surface area contributed by atoms with Crippen molar-refractivity contribution < 1.29 is 25.2 Å². The van der Waals surface area contributed by atoms with E-state index >= 15 is 0 Å². The van der Waals surface area contributed by atoms with E-state index in [1.54, 1.807) is 0 Å². The van der Waals surface area contributed by atoms with Gasteiger partial charge in [-0.05, 0) is 69.6 Å². The molecule has 0 aliphatic heterocycles. The molecule has 0 aliphatic rings. The van der Waals surface area contributed by atoms with Crippen LogP contribution in [0.2, 0.25) is 0 Å². The summed E-state index contributed by atoms with van der Waals surface area (Å²) in [4.78, 5) is 14.8. The largest absolute Gasteiger partial charge is 2.00 e. The number of para-hydroxylation sites is 5. The third-order valence-electron chi connectivity index (χ3n) is 11.1. The predicted molar refractivity (Wildman–Crippen MR) is 225 cm³/mol. The Hall–Kier alpha value is -6.13. The van der Waals surface area contributed by atoms with Gasteiger partial charge in [0.15, 0.2) is 0 Å². The Bertz CT molecular complexity index is 3350. The van der Waals surface area contributed by atoms with Crippen molar-refractivity contribution in [2.75, 3.05) is 0 Å². The molecule has 6 nitrogen and oxygen atoms in total. The smallest absolute Gasteiger partial charge is 0.497 e. The minimum absolute atomic E-state index is 0. The quantitative estimate of drug-likeness (QED) is 0.0986. The first kappa shape index (κ1) is 34.4. The minimum atomic E-state index is 0. The van der Waals surface area contributed by atoms with Crippen LogP contribution in [0.4, 0.5) is 0 Å². The number of hydrogen-bond donors (Lipinski definition) is 0. The summed E-state index contributed by atoms with van der Waals surface area (Å²) in [6, 6.07) is 47.6. The number of imidazole rings is 2. The number of rotatable bonds is 5. The van der Waals surface area contributed by atoms with E-state index in [0.29, 0.717) is 23.3 Å². The van der Waals surface area contributed by atoms with Crippen LogP contribution in [0.25, 0.3) is 87.8 Å².